The molecule has 0 amide bonds. The minimum atomic E-state index is 0.0211. The summed E-state index contributed by atoms with van der Waals surface area (Å²) in [7, 11) is 0. The normalized spacial score (nSPS) is 11.6. The predicted octanol–water partition coefficient (Wildman–Crippen LogP) is 1.75. The summed E-state index contributed by atoms with van der Waals surface area (Å²) in [5, 5.41) is 12.3. The number of anilines is 2. The summed E-state index contributed by atoms with van der Waals surface area (Å²) >= 11 is 0. The molecule has 0 aliphatic heterocycles. The van der Waals surface area contributed by atoms with Crippen LogP contribution in [-0.2, 0) is 6.42 Å². The molecule has 5 nitrogen and oxygen atoms in total. The van der Waals surface area contributed by atoms with Gasteiger partial charge in [-0.3, -0.25) is 0 Å². The molecular formula is C13H24N4O. The number of aromatic nitrogens is 2. The van der Waals surface area contributed by atoms with Crippen molar-refractivity contribution in [2.45, 2.75) is 40.5 Å². The molecule has 4 N–H and O–H groups in total. The SMILES string of the molecule is CCc1nc(N)c(C)c(NCC(C)(C)CCO)n1. The predicted molar refractivity (Wildman–Crippen MR) is 74.5 cm³/mol. The standard InChI is InChI=1S/C13H24N4O/c1-5-10-16-11(14)9(2)12(17-10)15-8-13(3,4)6-7-18/h18H,5-8H2,1-4H3,(H3,14,15,16,17). The van der Waals surface area contributed by atoms with Gasteiger partial charge in [-0.15, -0.1) is 0 Å². The van der Waals surface area contributed by atoms with Crippen LogP contribution in [0, 0.1) is 12.3 Å². The van der Waals surface area contributed by atoms with Crippen molar-refractivity contribution in [1.82, 2.24) is 9.97 Å². The number of nitrogens with two attached hydrogens (primary N) is 1. The van der Waals surface area contributed by atoms with Crippen molar-refractivity contribution >= 4 is 11.6 Å². The lowest BCUT2D eigenvalue weighted by molar-refractivity contribution is 0.220. The van der Waals surface area contributed by atoms with E-state index in [4.69, 9.17) is 10.8 Å². The Labute approximate surface area is 109 Å². The van der Waals surface area contributed by atoms with E-state index < -0.39 is 0 Å². The zero-order chi connectivity index (χ0) is 13.8. The van der Waals surface area contributed by atoms with Gasteiger partial charge in [-0.25, -0.2) is 9.97 Å². The van der Waals surface area contributed by atoms with Crippen LogP contribution >= 0.6 is 0 Å². The van der Waals surface area contributed by atoms with Gasteiger partial charge in [0.1, 0.15) is 17.5 Å². The van der Waals surface area contributed by atoms with Crippen molar-refractivity contribution in [3.63, 3.8) is 0 Å². The first-order valence-corrected chi connectivity index (χ1v) is 6.37. The molecule has 1 aromatic heterocycles. The van der Waals surface area contributed by atoms with Crippen LogP contribution in [0.5, 0.6) is 0 Å². The van der Waals surface area contributed by atoms with E-state index >= 15 is 0 Å². The summed E-state index contributed by atoms with van der Waals surface area (Å²) in [6.07, 6.45) is 1.51. The Morgan fingerprint density at radius 3 is 2.56 bits per heavy atom. The number of aliphatic hydroxyl groups is 1. The summed E-state index contributed by atoms with van der Waals surface area (Å²) in [6.45, 7) is 9.07. The minimum Gasteiger partial charge on any atom is -0.396 e. The van der Waals surface area contributed by atoms with Crippen molar-refractivity contribution in [2.24, 2.45) is 5.41 Å². The highest BCUT2D eigenvalue weighted by Gasteiger charge is 2.18. The maximum Gasteiger partial charge on any atom is 0.134 e. The van der Waals surface area contributed by atoms with E-state index in [1.807, 2.05) is 13.8 Å². The number of hydrogen-bond acceptors (Lipinski definition) is 5. The molecular weight excluding hydrogens is 228 g/mol. The quantitative estimate of drug-likeness (QED) is 0.718. The molecule has 0 saturated heterocycles. The molecule has 0 saturated carbocycles. The smallest absolute Gasteiger partial charge is 0.134 e. The van der Waals surface area contributed by atoms with Crippen LogP contribution in [0.3, 0.4) is 0 Å². The van der Waals surface area contributed by atoms with E-state index in [0.29, 0.717) is 5.82 Å². The van der Waals surface area contributed by atoms with E-state index in [0.717, 1.165) is 36.6 Å². The third-order valence-electron chi connectivity index (χ3n) is 3.07. The van der Waals surface area contributed by atoms with E-state index in [9.17, 15) is 0 Å². The van der Waals surface area contributed by atoms with Gasteiger partial charge in [0.05, 0.1) is 0 Å². The molecule has 1 aromatic rings. The first-order valence-electron chi connectivity index (χ1n) is 6.37. The largest absolute Gasteiger partial charge is 0.396 e. The lowest BCUT2D eigenvalue weighted by Gasteiger charge is -2.24. The molecule has 0 aliphatic carbocycles. The third-order valence-corrected chi connectivity index (χ3v) is 3.07. The van der Waals surface area contributed by atoms with Gasteiger partial charge >= 0.3 is 0 Å². The van der Waals surface area contributed by atoms with Gasteiger partial charge in [0.2, 0.25) is 0 Å². The molecule has 102 valence electrons. The van der Waals surface area contributed by atoms with Crippen LogP contribution in [0.15, 0.2) is 0 Å². The first-order chi connectivity index (χ1) is 8.39. The Balaban J connectivity index is 2.81. The topological polar surface area (TPSA) is 84.1 Å². The molecule has 0 atom stereocenters. The fraction of sp³-hybridized carbons (Fsp3) is 0.692. The number of nitrogen functional groups attached to an aromatic ring is 1. The number of nitrogens with one attached hydrogen (secondary N) is 1. The lowest BCUT2D eigenvalue weighted by Crippen LogP contribution is -2.25. The van der Waals surface area contributed by atoms with Crippen LogP contribution in [0.4, 0.5) is 11.6 Å². The fourth-order valence-electron chi connectivity index (χ4n) is 1.63. The van der Waals surface area contributed by atoms with Gasteiger partial charge in [-0.2, -0.15) is 0 Å². The second-order valence-corrected chi connectivity index (χ2v) is 5.34. The van der Waals surface area contributed by atoms with E-state index in [1.165, 1.54) is 0 Å². The monoisotopic (exact) mass is 252 g/mol. The van der Waals surface area contributed by atoms with Crippen LogP contribution in [0.1, 0.15) is 38.6 Å². The van der Waals surface area contributed by atoms with Crippen LogP contribution in [-0.4, -0.2) is 28.2 Å². The molecule has 0 fully saturated rings. The van der Waals surface area contributed by atoms with Gasteiger partial charge in [0.15, 0.2) is 0 Å². The first kappa shape index (κ1) is 14.7. The molecule has 0 aromatic carbocycles. The summed E-state index contributed by atoms with van der Waals surface area (Å²) in [6, 6.07) is 0. The number of aliphatic hydroxyl groups excluding tert-OH is 1. The minimum absolute atomic E-state index is 0.0211. The van der Waals surface area contributed by atoms with Crippen LogP contribution < -0.4 is 11.1 Å². The Kier molecular flexibility index (Phi) is 4.90. The van der Waals surface area contributed by atoms with E-state index in [-0.39, 0.29) is 12.0 Å². The Bertz CT molecular complexity index is 404. The summed E-state index contributed by atoms with van der Waals surface area (Å²) in [5.41, 5.74) is 6.77. The number of aryl methyl sites for hydroxylation is 1. The summed E-state index contributed by atoms with van der Waals surface area (Å²) < 4.78 is 0. The second kappa shape index (κ2) is 6.00. The Hall–Kier alpha value is -1.36. The zero-order valence-corrected chi connectivity index (χ0v) is 11.7. The Morgan fingerprint density at radius 2 is 2.00 bits per heavy atom. The molecule has 0 unspecified atom stereocenters. The number of hydrogen-bond donors (Lipinski definition) is 3. The highest BCUT2D eigenvalue weighted by molar-refractivity contribution is 5.54. The van der Waals surface area contributed by atoms with Crippen LogP contribution in [0.2, 0.25) is 0 Å². The Morgan fingerprint density at radius 1 is 1.33 bits per heavy atom. The average molecular weight is 252 g/mol. The van der Waals surface area contributed by atoms with Gasteiger partial charge in [-0.1, -0.05) is 20.8 Å². The molecule has 0 spiro atoms. The average Bonchev–Trinajstić information content (AvgIpc) is 2.30. The fourth-order valence-corrected chi connectivity index (χ4v) is 1.63. The van der Waals surface area contributed by atoms with Gasteiger partial charge < -0.3 is 16.2 Å². The van der Waals surface area contributed by atoms with Crippen molar-refractivity contribution in [2.75, 3.05) is 24.2 Å². The maximum atomic E-state index is 9.01. The van der Waals surface area contributed by atoms with Crippen molar-refractivity contribution in [3.05, 3.63) is 11.4 Å². The molecule has 1 heterocycles. The van der Waals surface area contributed by atoms with Crippen molar-refractivity contribution in [1.29, 1.82) is 0 Å². The third kappa shape index (κ3) is 3.84. The molecule has 0 radical (unpaired) electrons. The van der Waals surface area contributed by atoms with E-state index in [1.54, 1.807) is 0 Å². The molecule has 18 heavy (non-hydrogen) atoms. The summed E-state index contributed by atoms with van der Waals surface area (Å²) in [5.74, 6) is 2.08. The summed E-state index contributed by atoms with van der Waals surface area (Å²) in [4.78, 5) is 8.67. The second-order valence-electron chi connectivity index (χ2n) is 5.34. The number of rotatable bonds is 6. The zero-order valence-electron chi connectivity index (χ0n) is 11.7. The van der Waals surface area contributed by atoms with Gasteiger partial charge in [-0.05, 0) is 18.8 Å². The molecule has 1 rings (SSSR count). The van der Waals surface area contributed by atoms with Crippen LogP contribution in [0.25, 0.3) is 0 Å². The highest BCUT2D eigenvalue weighted by atomic mass is 16.3. The lowest BCUT2D eigenvalue weighted by atomic mass is 9.90. The molecule has 0 aliphatic rings. The van der Waals surface area contributed by atoms with Crippen molar-refractivity contribution < 1.29 is 5.11 Å². The van der Waals surface area contributed by atoms with Gasteiger partial charge in [0, 0.05) is 25.1 Å². The highest BCUT2D eigenvalue weighted by Crippen LogP contribution is 2.23. The van der Waals surface area contributed by atoms with E-state index in [2.05, 4.69) is 29.1 Å². The molecule has 0 bridgehead atoms. The molecule has 5 heteroatoms. The number of nitrogens with zero attached hydrogens (tertiary/aromatic N) is 2. The van der Waals surface area contributed by atoms with Gasteiger partial charge in [0.25, 0.3) is 0 Å². The maximum absolute atomic E-state index is 9.01. The van der Waals surface area contributed by atoms with Crippen molar-refractivity contribution in [3.8, 4) is 0 Å².